The molecule has 0 spiro atoms. The van der Waals surface area contributed by atoms with Crippen LogP contribution in [-0.4, -0.2) is 24.1 Å². The van der Waals surface area contributed by atoms with Gasteiger partial charge in [-0.2, -0.15) is 0 Å². The number of thiophene rings is 1. The van der Waals surface area contributed by atoms with E-state index in [4.69, 9.17) is 19.4 Å². The first kappa shape index (κ1) is 37.3. The van der Waals surface area contributed by atoms with Gasteiger partial charge in [-0.3, -0.25) is 0 Å². The lowest BCUT2D eigenvalue weighted by Crippen LogP contribution is -2.03. The summed E-state index contributed by atoms with van der Waals surface area (Å²) in [6.45, 7) is 0. The molecule has 10 aromatic carbocycles. The molecule has 0 aliphatic rings. The molecule has 0 saturated heterocycles. The van der Waals surface area contributed by atoms with Crippen LogP contribution in [0.1, 0.15) is 0 Å². The predicted molar refractivity (Wildman–Crippen MR) is 282 cm³/mol. The molecule has 0 bridgehead atoms. The van der Waals surface area contributed by atoms with Crippen molar-refractivity contribution in [3.8, 4) is 45.5 Å². The van der Waals surface area contributed by atoms with Crippen molar-refractivity contribution in [3.05, 3.63) is 212 Å². The molecular formula is C61H35N5OS. The maximum absolute atomic E-state index is 7.04. The molecule has 5 heterocycles. The molecular weight excluding hydrogens is 851 g/mol. The van der Waals surface area contributed by atoms with E-state index < -0.39 is 0 Å². The Morgan fingerprint density at radius 2 is 0.971 bits per heavy atom. The van der Waals surface area contributed by atoms with Crippen molar-refractivity contribution in [2.75, 3.05) is 0 Å². The van der Waals surface area contributed by atoms with Gasteiger partial charge in [0.15, 0.2) is 23.1 Å². The molecule has 5 aromatic heterocycles. The van der Waals surface area contributed by atoms with Crippen molar-refractivity contribution in [2.24, 2.45) is 0 Å². The predicted octanol–water partition coefficient (Wildman–Crippen LogP) is 16.5. The third-order valence-corrected chi connectivity index (χ3v) is 15.0. The molecule has 0 unspecified atom stereocenters. The van der Waals surface area contributed by atoms with Crippen LogP contribution in [0.3, 0.4) is 0 Å². The van der Waals surface area contributed by atoms with Gasteiger partial charge in [-0.15, -0.1) is 11.3 Å². The van der Waals surface area contributed by atoms with Gasteiger partial charge in [0.2, 0.25) is 0 Å². The fraction of sp³-hybridized carbons (Fsp3) is 0. The highest BCUT2D eigenvalue weighted by Gasteiger charge is 2.25. The van der Waals surface area contributed by atoms with Gasteiger partial charge in [-0.1, -0.05) is 140 Å². The van der Waals surface area contributed by atoms with E-state index in [1.165, 1.54) is 37.0 Å². The first-order valence-corrected chi connectivity index (χ1v) is 23.7. The lowest BCUT2D eigenvalue weighted by atomic mass is 10.0. The molecule has 15 aromatic rings. The molecule has 6 nitrogen and oxygen atoms in total. The van der Waals surface area contributed by atoms with Crippen LogP contribution in [0.4, 0.5) is 0 Å². The van der Waals surface area contributed by atoms with Crippen LogP contribution in [0.15, 0.2) is 217 Å². The fourth-order valence-corrected chi connectivity index (χ4v) is 12.0. The number of aromatic nitrogens is 5. The van der Waals surface area contributed by atoms with Crippen LogP contribution in [0.25, 0.3) is 142 Å². The summed E-state index contributed by atoms with van der Waals surface area (Å²) in [7, 11) is 0. The highest BCUT2D eigenvalue weighted by atomic mass is 32.1. The Morgan fingerprint density at radius 1 is 0.382 bits per heavy atom. The zero-order valence-electron chi connectivity index (χ0n) is 36.3. The molecule has 0 amide bonds. The van der Waals surface area contributed by atoms with Crippen LogP contribution >= 0.6 is 11.3 Å². The Morgan fingerprint density at radius 3 is 1.78 bits per heavy atom. The number of hydrogen-bond donors (Lipinski definition) is 0. The monoisotopic (exact) mass is 885 g/mol. The van der Waals surface area contributed by atoms with E-state index in [1.54, 1.807) is 11.3 Å². The fourth-order valence-electron chi connectivity index (χ4n) is 10.8. The summed E-state index contributed by atoms with van der Waals surface area (Å²) in [4.78, 5) is 16.6. The number of fused-ring (bicyclic) bond motifs is 13. The molecule has 15 rings (SSSR count). The summed E-state index contributed by atoms with van der Waals surface area (Å²) >= 11 is 1.78. The Hall–Kier alpha value is -8.91. The minimum atomic E-state index is 0.568. The Bertz CT molecular complexity index is 4580. The second-order valence-corrected chi connectivity index (χ2v) is 18.5. The maximum Gasteiger partial charge on any atom is 0.166 e. The molecule has 0 saturated carbocycles. The molecule has 68 heavy (non-hydrogen) atoms. The largest absolute Gasteiger partial charge is 0.454 e. The summed E-state index contributed by atoms with van der Waals surface area (Å²) in [5.41, 5.74) is 10.7. The number of furan rings is 1. The van der Waals surface area contributed by atoms with Crippen molar-refractivity contribution in [1.29, 1.82) is 0 Å². The lowest BCUT2D eigenvalue weighted by molar-refractivity contribution is 0.666. The van der Waals surface area contributed by atoms with Crippen molar-refractivity contribution >= 4 is 108 Å². The summed E-state index contributed by atoms with van der Waals surface area (Å²) < 4.78 is 14.1. The Balaban J connectivity index is 1.05. The number of benzene rings is 10. The Kier molecular flexibility index (Phi) is 7.85. The molecule has 0 radical (unpaired) electrons. The summed E-state index contributed by atoms with van der Waals surface area (Å²) in [6.07, 6.45) is 0. The van der Waals surface area contributed by atoms with Crippen molar-refractivity contribution < 1.29 is 4.42 Å². The first-order chi connectivity index (χ1) is 33.7. The average molecular weight is 886 g/mol. The van der Waals surface area contributed by atoms with E-state index in [9.17, 15) is 0 Å². The molecule has 0 aliphatic carbocycles. The van der Waals surface area contributed by atoms with Crippen LogP contribution in [0.2, 0.25) is 0 Å². The second kappa shape index (κ2) is 14.3. The maximum atomic E-state index is 7.04. The third kappa shape index (κ3) is 5.36. The number of nitrogens with zero attached hydrogens (tertiary/aromatic N) is 5. The van der Waals surface area contributed by atoms with Gasteiger partial charge in [0.05, 0.1) is 27.8 Å². The SMILES string of the molecule is c1ccc(-n2c3ccccc3c3cccc(-c4nc(-c5cccc6c5sc5ccccc56)nc(-c5ccc(-n6c7ccccc7c7cc8ccccc8cc76)c6oc7ccccc7c56)n4)c32)cc1. The van der Waals surface area contributed by atoms with E-state index >= 15 is 0 Å². The van der Waals surface area contributed by atoms with Gasteiger partial charge in [0, 0.05) is 74.9 Å². The standard InChI is InChI=1S/C61H35N5OS/c1-2-18-38(19-3-1)65-49-28-10-6-20-39(49)42-24-14-26-46(56(42)65)60-62-59(63-61(64-60)47-27-15-25-43-41-22-9-13-31-54(41)68-58(43)47)45-32-33-51(57-55(45)44-23-8-12-30-53(44)67-57)66-50-29-11-7-21-40(50)48-34-36-16-4-5-17-37(36)35-52(48)66/h1-35H. The Labute approximate surface area is 392 Å². The first-order valence-electron chi connectivity index (χ1n) is 22.9. The van der Waals surface area contributed by atoms with E-state index in [-0.39, 0.29) is 0 Å². The van der Waals surface area contributed by atoms with Gasteiger partial charge in [-0.05, 0) is 83.6 Å². The van der Waals surface area contributed by atoms with Crippen LogP contribution in [0.5, 0.6) is 0 Å². The number of rotatable bonds is 5. The number of para-hydroxylation sites is 5. The molecule has 0 atom stereocenters. The molecule has 0 aliphatic heterocycles. The van der Waals surface area contributed by atoms with Crippen LogP contribution in [-0.2, 0) is 0 Å². The molecule has 316 valence electrons. The van der Waals surface area contributed by atoms with Crippen LogP contribution in [0, 0.1) is 0 Å². The minimum absolute atomic E-state index is 0.568. The average Bonchev–Trinajstić information content (AvgIpc) is 4.16. The van der Waals surface area contributed by atoms with Gasteiger partial charge in [0.25, 0.3) is 0 Å². The van der Waals surface area contributed by atoms with E-state index in [0.717, 1.165) is 87.5 Å². The highest BCUT2D eigenvalue weighted by molar-refractivity contribution is 7.26. The van der Waals surface area contributed by atoms with E-state index in [1.807, 2.05) is 6.07 Å². The van der Waals surface area contributed by atoms with Crippen molar-refractivity contribution in [2.45, 2.75) is 0 Å². The molecule has 7 heteroatoms. The van der Waals surface area contributed by atoms with Crippen molar-refractivity contribution in [1.82, 2.24) is 24.1 Å². The normalized spacial score (nSPS) is 12.1. The van der Waals surface area contributed by atoms with Gasteiger partial charge in [0.1, 0.15) is 5.58 Å². The van der Waals surface area contributed by atoms with E-state index in [0.29, 0.717) is 17.5 Å². The highest BCUT2D eigenvalue weighted by Crippen LogP contribution is 2.45. The smallest absolute Gasteiger partial charge is 0.166 e. The summed E-state index contributed by atoms with van der Waals surface area (Å²) in [6, 6.07) is 75.3. The topological polar surface area (TPSA) is 61.7 Å². The van der Waals surface area contributed by atoms with Gasteiger partial charge < -0.3 is 13.6 Å². The van der Waals surface area contributed by atoms with Gasteiger partial charge >= 0.3 is 0 Å². The lowest BCUT2D eigenvalue weighted by Gasteiger charge is -2.14. The molecule has 0 N–H and O–H groups in total. The molecule has 0 fully saturated rings. The second-order valence-electron chi connectivity index (χ2n) is 17.5. The van der Waals surface area contributed by atoms with E-state index in [2.05, 4.69) is 215 Å². The zero-order chi connectivity index (χ0) is 44.5. The summed E-state index contributed by atoms with van der Waals surface area (Å²) in [5, 5.41) is 11.4. The van der Waals surface area contributed by atoms with Gasteiger partial charge in [-0.25, -0.2) is 15.0 Å². The quantitative estimate of drug-likeness (QED) is 0.173. The van der Waals surface area contributed by atoms with Crippen molar-refractivity contribution in [3.63, 3.8) is 0 Å². The minimum Gasteiger partial charge on any atom is -0.454 e. The van der Waals surface area contributed by atoms with Crippen LogP contribution < -0.4 is 0 Å². The number of hydrogen-bond acceptors (Lipinski definition) is 5. The summed E-state index contributed by atoms with van der Waals surface area (Å²) in [5.74, 6) is 1.77. The zero-order valence-corrected chi connectivity index (χ0v) is 37.1. The third-order valence-electron chi connectivity index (χ3n) is 13.8.